The van der Waals surface area contributed by atoms with Crippen molar-refractivity contribution in [1.82, 2.24) is 10.1 Å². The van der Waals surface area contributed by atoms with E-state index >= 15 is 0 Å². The molecule has 62 valence electrons. The average molecular weight is 155 g/mol. The third-order valence-corrected chi connectivity index (χ3v) is 1.56. The zero-order valence-corrected chi connectivity index (χ0v) is 6.87. The number of rotatable bonds is 3. The van der Waals surface area contributed by atoms with Crippen molar-refractivity contribution in [3.8, 4) is 0 Å². The van der Waals surface area contributed by atoms with Gasteiger partial charge in [-0.25, -0.2) is 0 Å². The first-order valence-corrected chi connectivity index (χ1v) is 3.74. The van der Waals surface area contributed by atoms with E-state index in [0.29, 0.717) is 18.3 Å². The largest absolute Gasteiger partial charge is 0.339 e. The Hall–Kier alpha value is -0.900. The summed E-state index contributed by atoms with van der Waals surface area (Å²) < 4.78 is 4.96. The fourth-order valence-electron chi connectivity index (χ4n) is 0.887. The molecule has 0 amide bonds. The zero-order valence-electron chi connectivity index (χ0n) is 6.87. The third kappa shape index (κ3) is 2.01. The molecule has 0 aliphatic heterocycles. The normalized spacial score (nSPS) is 13.4. The maximum Gasteiger partial charge on any atom is 0.229 e. The second kappa shape index (κ2) is 3.48. The second-order valence-corrected chi connectivity index (χ2v) is 2.66. The van der Waals surface area contributed by atoms with Gasteiger partial charge >= 0.3 is 0 Å². The first-order chi connectivity index (χ1) is 5.24. The zero-order chi connectivity index (χ0) is 8.27. The SMILES string of the molecule is Cc1noc(C(C)CCN)n1. The van der Waals surface area contributed by atoms with Crippen LogP contribution in [0.5, 0.6) is 0 Å². The molecular formula is C7H13N3O. The van der Waals surface area contributed by atoms with Crippen LogP contribution in [0.2, 0.25) is 0 Å². The lowest BCUT2D eigenvalue weighted by Crippen LogP contribution is -2.04. The highest BCUT2D eigenvalue weighted by Crippen LogP contribution is 2.14. The molecule has 0 radical (unpaired) electrons. The molecular weight excluding hydrogens is 142 g/mol. The van der Waals surface area contributed by atoms with E-state index in [4.69, 9.17) is 10.3 Å². The van der Waals surface area contributed by atoms with Crippen LogP contribution in [0, 0.1) is 6.92 Å². The monoisotopic (exact) mass is 155 g/mol. The van der Waals surface area contributed by atoms with Crippen LogP contribution in [-0.2, 0) is 0 Å². The highest BCUT2D eigenvalue weighted by molar-refractivity contribution is 4.90. The topological polar surface area (TPSA) is 64.9 Å². The van der Waals surface area contributed by atoms with Crippen LogP contribution in [0.4, 0.5) is 0 Å². The molecule has 11 heavy (non-hydrogen) atoms. The lowest BCUT2D eigenvalue weighted by atomic mass is 10.1. The minimum absolute atomic E-state index is 0.279. The number of hydrogen-bond donors (Lipinski definition) is 1. The van der Waals surface area contributed by atoms with Crippen LogP contribution in [-0.4, -0.2) is 16.7 Å². The van der Waals surface area contributed by atoms with Gasteiger partial charge in [-0.05, 0) is 19.9 Å². The summed E-state index contributed by atoms with van der Waals surface area (Å²) in [4.78, 5) is 4.10. The van der Waals surface area contributed by atoms with Crippen molar-refractivity contribution < 1.29 is 4.52 Å². The molecule has 1 rings (SSSR count). The Morgan fingerprint density at radius 1 is 1.64 bits per heavy atom. The summed E-state index contributed by atoms with van der Waals surface area (Å²) in [6.45, 7) is 4.49. The standard InChI is InChI=1S/C7H13N3O/c1-5(3-4-8)7-9-6(2)10-11-7/h5H,3-4,8H2,1-2H3. The molecule has 0 bridgehead atoms. The van der Waals surface area contributed by atoms with E-state index in [1.165, 1.54) is 0 Å². The number of hydrogen-bond acceptors (Lipinski definition) is 4. The molecule has 0 fully saturated rings. The maximum absolute atomic E-state index is 5.38. The van der Waals surface area contributed by atoms with E-state index in [0.717, 1.165) is 6.42 Å². The van der Waals surface area contributed by atoms with Crippen LogP contribution < -0.4 is 5.73 Å². The molecule has 0 aromatic carbocycles. The molecule has 0 aliphatic carbocycles. The van der Waals surface area contributed by atoms with Crippen LogP contribution in [0.25, 0.3) is 0 Å². The Balaban J connectivity index is 2.60. The lowest BCUT2D eigenvalue weighted by molar-refractivity contribution is 0.352. The summed E-state index contributed by atoms with van der Waals surface area (Å²) in [5.74, 6) is 1.65. The van der Waals surface area contributed by atoms with Gasteiger partial charge in [-0.1, -0.05) is 12.1 Å². The molecule has 0 saturated carbocycles. The Morgan fingerprint density at radius 2 is 2.36 bits per heavy atom. The van der Waals surface area contributed by atoms with Gasteiger partial charge in [-0.15, -0.1) is 0 Å². The van der Waals surface area contributed by atoms with Gasteiger partial charge in [0.25, 0.3) is 0 Å². The van der Waals surface area contributed by atoms with Crippen molar-refractivity contribution in [3.05, 3.63) is 11.7 Å². The minimum Gasteiger partial charge on any atom is -0.339 e. The number of aryl methyl sites for hydroxylation is 1. The number of nitrogens with two attached hydrogens (primary N) is 1. The fourth-order valence-corrected chi connectivity index (χ4v) is 0.887. The van der Waals surface area contributed by atoms with Crippen molar-refractivity contribution in [2.75, 3.05) is 6.54 Å². The van der Waals surface area contributed by atoms with Crippen LogP contribution in [0.1, 0.15) is 31.0 Å². The van der Waals surface area contributed by atoms with E-state index in [9.17, 15) is 0 Å². The summed E-state index contributed by atoms with van der Waals surface area (Å²) in [6, 6.07) is 0. The Labute approximate surface area is 65.8 Å². The van der Waals surface area contributed by atoms with Gasteiger partial charge in [0, 0.05) is 5.92 Å². The average Bonchev–Trinajstić information content (AvgIpc) is 2.36. The second-order valence-electron chi connectivity index (χ2n) is 2.66. The third-order valence-electron chi connectivity index (χ3n) is 1.56. The Bertz CT molecular complexity index is 221. The van der Waals surface area contributed by atoms with E-state index in [2.05, 4.69) is 10.1 Å². The van der Waals surface area contributed by atoms with Gasteiger partial charge in [0.05, 0.1) is 0 Å². The van der Waals surface area contributed by atoms with E-state index in [1.54, 1.807) is 0 Å². The van der Waals surface area contributed by atoms with Crippen LogP contribution in [0.15, 0.2) is 4.52 Å². The van der Waals surface area contributed by atoms with Gasteiger partial charge in [-0.2, -0.15) is 4.98 Å². The Morgan fingerprint density at radius 3 is 2.82 bits per heavy atom. The first-order valence-electron chi connectivity index (χ1n) is 3.74. The summed E-state index contributed by atoms with van der Waals surface area (Å²) in [5, 5.41) is 3.69. The molecule has 0 spiro atoms. The summed E-state index contributed by atoms with van der Waals surface area (Å²) in [7, 11) is 0. The number of aromatic nitrogens is 2. The van der Waals surface area contributed by atoms with Gasteiger partial charge in [0.1, 0.15) is 0 Å². The maximum atomic E-state index is 5.38. The van der Waals surface area contributed by atoms with E-state index < -0.39 is 0 Å². The summed E-state index contributed by atoms with van der Waals surface area (Å²) >= 11 is 0. The van der Waals surface area contributed by atoms with Crippen molar-refractivity contribution >= 4 is 0 Å². The number of nitrogens with zero attached hydrogens (tertiary/aromatic N) is 2. The van der Waals surface area contributed by atoms with Gasteiger partial charge in [0.2, 0.25) is 5.89 Å². The molecule has 1 unspecified atom stereocenters. The highest BCUT2D eigenvalue weighted by Gasteiger charge is 2.10. The lowest BCUT2D eigenvalue weighted by Gasteiger charge is -2.01. The molecule has 1 atom stereocenters. The Kier molecular flexibility index (Phi) is 2.59. The van der Waals surface area contributed by atoms with Gasteiger partial charge in [0.15, 0.2) is 5.82 Å². The van der Waals surface area contributed by atoms with E-state index in [-0.39, 0.29) is 5.92 Å². The molecule has 0 aliphatic rings. The smallest absolute Gasteiger partial charge is 0.229 e. The van der Waals surface area contributed by atoms with Crippen LogP contribution >= 0.6 is 0 Å². The molecule has 2 N–H and O–H groups in total. The summed E-state index contributed by atoms with van der Waals surface area (Å²) in [5.41, 5.74) is 5.38. The molecule has 4 heteroatoms. The van der Waals surface area contributed by atoms with E-state index in [1.807, 2.05) is 13.8 Å². The quantitative estimate of drug-likeness (QED) is 0.702. The highest BCUT2D eigenvalue weighted by atomic mass is 16.5. The van der Waals surface area contributed by atoms with Gasteiger partial charge < -0.3 is 10.3 Å². The van der Waals surface area contributed by atoms with Crippen molar-refractivity contribution in [2.24, 2.45) is 5.73 Å². The predicted octanol–water partition coefficient (Wildman–Crippen LogP) is 0.830. The molecule has 1 aromatic rings. The predicted molar refractivity (Wildman–Crippen MR) is 41.1 cm³/mol. The fraction of sp³-hybridized carbons (Fsp3) is 0.714. The van der Waals surface area contributed by atoms with Gasteiger partial charge in [-0.3, -0.25) is 0 Å². The molecule has 1 heterocycles. The molecule has 0 saturated heterocycles. The van der Waals surface area contributed by atoms with Crippen molar-refractivity contribution in [1.29, 1.82) is 0 Å². The molecule has 4 nitrogen and oxygen atoms in total. The molecule has 1 aromatic heterocycles. The summed E-state index contributed by atoms with van der Waals surface area (Å²) in [6.07, 6.45) is 0.891. The van der Waals surface area contributed by atoms with Crippen molar-refractivity contribution in [3.63, 3.8) is 0 Å². The van der Waals surface area contributed by atoms with Crippen molar-refractivity contribution in [2.45, 2.75) is 26.2 Å². The van der Waals surface area contributed by atoms with Crippen LogP contribution in [0.3, 0.4) is 0 Å². The first kappa shape index (κ1) is 8.20. The minimum atomic E-state index is 0.279.